The number of nitrogens with one attached hydrogen (secondary N) is 1. The van der Waals surface area contributed by atoms with Gasteiger partial charge in [-0.15, -0.1) is 0 Å². The second-order valence-corrected chi connectivity index (χ2v) is 5.80. The minimum atomic E-state index is -0.453. The molecule has 1 aromatic carbocycles. The summed E-state index contributed by atoms with van der Waals surface area (Å²) in [5.41, 5.74) is 1.18. The van der Waals surface area contributed by atoms with E-state index in [0.717, 1.165) is 18.6 Å². The predicted octanol–water partition coefficient (Wildman–Crippen LogP) is 2.67. The molecule has 0 radical (unpaired) electrons. The number of ether oxygens (including phenoxy) is 2. The van der Waals surface area contributed by atoms with E-state index in [1.165, 1.54) is 18.4 Å². The van der Waals surface area contributed by atoms with Crippen molar-refractivity contribution in [3.05, 3.63) is 29.8 Å². The van der Waals surface area contributed by atoms with Crippen molar-refractivity contribution in [1.82, 2.24) is 5.32 Å². The number of methoxy groups -OCH3 is 1. The van der Waals surface area contributed by atoms with Crippen LogP contribution >= 0.6 is 0 Å². The molecule has 1 aliphatic rings. The van der Waals surface area contributed by atoms with Crippen LogP contribution in [0.2, 0.25) is 0 Å². The molecule has 2 rings (SSSR count). The van der Waals surface area contributed by atoms with Crippen LogP contribution in [0.4, 0.5) is 0 Å². The van der Waals surface area contributed by atoms with Crippen molar-refractivity contribution in [3.63, 3.8) is 0 Å². The Bertz CT molecular complexity index is 401. The molecule has 4 heteroatoms. The zero-order valence-electron chi connectivity index (χ0n) is 13.0. The highest BCUT2D eigenvalue weighted by molar-refractivity contribution is 5.28. The van der Waals surface area contributed by atoms with Gasteiger partial charge in [0.15, 0.2) is 0 Å². The summed E-state index contributed by atoms with van der Waals surface area (Å²) in [6, 6.07) is 8.17. The molecule has 0 heterocycles. The second-order valence-electron chi connectivity index (χ2n) is 5.80. The van der Waals surface area contributed by atoms with Gasteiger partial charge in [-0.25, -0.2) is 0 Å². The monoisotopic (exact) mass is 293 g/mol. The summed E-state index contributed by atoms with van der Waals surface area (Å²) in [7, 11) is 1.66. The summed E-state index contributed by atoms with van der Waals surface area (Å²) in [5.74, 6) is 0.857. The minimum absolute atomic E-state index is 0.192. The lowest BCUT2D eigenvalue weighted by molar-refractivity contribution is -0.00610. The van der Waals surface area contributed by atoms with Gasteiger partial charge in [-0.2, -0.15) is 0 Å². The standard InChI is InChI=1S/C17H27NO3/c1-13(14-7-9-16(20-2)10-8-14)18-11-15(19)12-21-17-5-3-4-6-17/h7-10,13,15,17-19H,3-6,11-12H2,1-2H3. The molecule has 21 heavy (non-hydrogen) atoms. The van der Waals surface area contributed by atoms with Crippen LogP contribution < -0.4 is 10.1 Å². The fourth-order valence-electron chi connectivity index (χ4n) is 2.68. The number of aliphatic hydroxyl groups is 1. The summed E-state index contributed by atoms with van der Waals surface area (Å²) < 4.78 is 10.9. The molecule has 118 valence electrons. The van der Waals surface area contributed by atoms with Crippen LogP contribution in [0.25, 0.3) is 0 Å². The van der Waals surface area contributed by atoms with Gasteiger partial charge in [-0.3, -0.25) is 0 Å². The zero-order chi connectivity index (χ0) is 15.1. The molecule has 0 aliphatic heterocycles. The van der Waals surface area contributed by atoms with Gasteiger partial charge in [0.1, 0.15) is 5.75 Å². The van der Waals surface area contributed by atoms with Crippen molar-refractivity contribution < 1.29 is 14.6 Å². The number of rotatable bonds is 8. The van der Waals surface area contributed by atoms with Crippen molar-refractivity contribution in [2.45, 2.75) is 50.9 Å². The molecule has 0 amide bonds. The molecule has 0 spiro atoms. The van der Waals surface area contributed by atoms with E-state index >= 15 is 0 Å². The van der Waals surface area contributed by atoms with E-state index in [-0.39, 0.29) is 6.04 Å². The fourth-order valence-corrected chi connectivity index (χ4v) is 2.68. The van der Waals surface area contributed by atoms with Crippen LogP contribution in [0.3, 0.4) is 0 Å². The Morgan fingerprint density at radius 3 is 2.52 bits per heavy atom. The fraction of sp³-hybridized carbons (Fsp3) is 0.647. The topological polar surface area (TPSA) is 50.7 Å². The van der Waals surface area contributed by atoms with Gasteiger partial charge in [0.2, 0.25) is 0 Å². The smallest absolute Gasteiger partial charge is 0.118 e. The van der Waals surface area contributed by atoms with E-state index in [1.807, 2.05) is 24.3 Å². The van der Waals surface area contributed by atoms with Crippen molar-refractivity contribution >= 4 is 0 Å². The van der Waals surface area contributed by atoms with Gasteiger partial charge in [0, 0.05) is 12.6 Å². The maximum Gasteiger partial charge on any atom is 0.118 e. The number of hydrogen-bond donors (Lipinski definition) is 2. The molecular formula is C17H27NO3. The molecular weight excluding hydrogens is 266 g/mol. The van der Waals surface area contributed by atoms with Crippen LogP contribution in [0, 0.1) is 0 Å². The summed E-state index contributed by atoms with van der Waals surface area (Å²) in [6.45, 7) is 3.05. The SMILES string of the molecule is COc1ccc(C(C)NCC(O)COC2CCCC2)cc1. The molecule has 1 fully saturated rings. The van der Waals surface area contributed by atoms with Crippen molar-refractivity contribution in [2.24, 2.45) is 0 Å². The number of hydrogen-bond acceptors (Lipinski definition) is 4. The second kappa shape index (κ2) is 8.37. The third-order valence-corrected chi connectivity index (χ3v) is 4.10. The lowest BCUT2D eigenvalue weighted by Crippen LogP contribution is -2.33. The van der Waals surface area contributed by atoms with Crippen molar-refractivity contribution in [2.75, 3.05) is 20.3 Å². The van der Waals surface area contributed by atoms with Gasteiger partial charge >= 0.3 is 0 Å². The van der Waals surface area contributed by atoms with Gasteiger partial charge in [0.25, 0.3) is 0 Å². The van der Waals surface area contributed by atoms with E-state index in [9.17, 15) is 5.11 Å². The highest BCUT2D eigenvalue weighted by atomic mass is 16.5. The molecule has 0 bridgehead atoms. The Kier molecular flexibility index (Phi) is 6.49. The first-order valence-electron chi connectivity index (χ1n) is 7.86. The van der Waals surface area contributed by atoms with Crippen LogP contribution in [-0.2, 0) is 4.74 Å². The Labute approximate surface area is 127 Å². The molecule has 2 N–H and O–H groups in total. The molecule has 2 unspecified atom stereocenters. The predicted molar refractivity (Wildman–Crippen MR) is 83.6 cm³/mol. The average Bonchev–Trinajstić information content (AvgIpc) is 3.04. The maximum absolute atomic E-state index is 9.98. The van der Waals surface area contributed by atoms with Crippen LogP contribution in [0.5, 0.6) is 5.75 Å². The lowest BCUT2D eigenvalue weighted by atomic mass is 10.1. The molecule has 1 aliphatic carbocycles. The van der Waals surface area contributed by atoms with Gasteiger partial charge in [0.05, 0.1) is 25.9 Å². The normalized spacial score (nSPS) is 18.6. The van der Waals surface area contributed by atoms with Gasteiger partial charge in [-0.1, -0.05) is 25.0 Å². The first-order valence-corrected chi connectivity index (χ1v) is 7.86. The first kappa shape index (κ1) is 16.3. The maximum atomic E-state index is 9.98. The van der Waals surface area contributed by atoms with Crippen molar-refractivity contribution in [3.8, 4) is 5.75 Å². The Hall–Kier alpha value is -1.10. The van der Waals surface area contributed by atoms with Crippen molar-refractivity contribution in [1.29, 1.82) is 0 Å². The molecule has 0 aromatic heterocycles. The number of benzene rings is 1. The average molecular weight is 293 g/mol. The van der Waals surface area contributed by atoms with E-state index in [1.54, 1.807) is 7.11 Å². The molecule has 1 aromatic rings. The minimum Gasteiger partial charge on any atom is -0.497 e. The van der Waals surface area contributed by atoms with E-state index < -0.39 is 6.10 Å². The first-order chi connectivity index (χ1) is 10.2. The van der Waals surface area contributed by atoms with E-state index in [0.29, 0.717) is 19.3 Å². The lowest BCUT2D eigenvalue weighted by Gasteiger charge is -2.19. The third-order valence-electron chi connectivity index (χ3n) is 4.10. The van der Waals surface area contributed by atoms with Gasteiger partial charge in [-0.05, 0) is 37.5 Å². The van der Waals surface area contributed by atoms with Crippen LogP contribution in [0.1, 0.15) is 44.2 Å². The van der Waals surface area contributed by atoms with Crippen LogP contribution in [-0.4, -0.2) is 37.6 Å². The molecule has 2 atom stereocenters. The third kappa shape index (κ3) is 5.30. The van der Waals surface area contributed by atoms with E-state index in [4.69, 9.17) is 9.47 Å². The summed E-state index contributed by atoms with van der Waals surface area (Å²) in [4.78, 5) is 0. The Morgan fingerprint density at radius 2 is 1.90 bits per heavy atom. The molecule has 4 nitrogen and oxygen atoms in total. The highest BCUT2D eigenvalue weighted by Crippen LogP contribution is 2.21. The van der Waals surface area contributed by atoms with Crippen LogP contribution in [0.15, 0.2) is 24.3 Å². The summed E-state index contributed by atoms with van der Waals surface area (Å²) in [5, 5.41) is 13.3. The van der Waals surface area contributed by atoms with E-state index in [2.05, 4.69) is 12.2 Å². The zero-order valence-corrected chi connectivity index (χ0v) is 13.0. The quantitative estimate of drug-likeness (QED) is 0.774. The Balaban J connectivity index is 1.68. The highest BCUT2D eigenvalue weighted by Gasteiger charge is 2.17. The Morgan fingerprint density at radius 1 is 1.24 bits per heavy atom. The molecule has 1 saturated carbocycles. The largest absolute Gasteiger partial charge is 0.497 e. The molecule has 0 saturated heterocycles. The summed E-state index contributed by atoms with van der Waals surface area (Å²) >= 11 is 0. The van der Waals surface area contributed by atoms with Gasteiger partial charge < -0.3 is 19.9 Å². The summed E-state index contributed by atoms with van der Waals surface area (Å²) in [6.07, 6.45) is 4.70. The number of aliphatic hydroxyl groups excluding tert-OH is 1.